The number of likely N-dealkylation sites (tertiary alicyclic amines) is 1. The first-order valence-electron chi connectivity index (χ1n) is 8.56. The molecule has 4 rings (SSSR count). The number of hydrogen-bond donors (Lipinski definition) is 0. The number of rotatable bonds is 4. The van der Waals surface area contributed by atoms with Crippen LogP contribution in [0, 0.1) is 0 Å². The third-order valence-electron chi connectivity index (χ3n) is 4.77. The van der Waals surface area contributed by atoms with Gasteiger partial charge in [0.15, 0.2) is 0 Å². The smallest absolute Gasteiger partial charge is 0.228 e. The fourth-order valence-electron chi connectivity index (χ4n) is 3.40. The van der Waals surface area contributed by atoms with Crippen molar-refractivity contribution in [2.75, 3.05) is 13.1 Å². The molecule has 3 heterocycles. The Labute approximate surface area is 162 Å². The molecule has 26 heavy (non-hydrogen) atoms. The quantitative estimate of drug-likeness (QED) is 0.571. The zero-order valence-corrected chi connectivity index (χ0v) is 16.0. The summed E-state index contributed by atoms with van der Waals surface area (Å²) in [7, 11) is 2.02. The first kappa shape index (κ1) is 17.3. The van der Waals surface area contributed by atoms with Crippen LogP contribution in [0.3, 0.4) is 0 Å². The topological polar surface area (TPSA) is 30.3 Å². The van der Waals surface area contributed by atoms with Crippen molar-refractivity contribution in [2.45, 2.75) is 12.8 Å². The summed E-state index contributed by atoms with van der Waals surface area (Å²) in [6.45, 7) is 6.40. The van der Waals surface area contributed by atoms with Crippen LogP contribution in [0.2, 0.25) is 10.0 Å². The van der Waals surface area contributed by atoms with Crippen molar-refractivity contribution in [3.8, 4) is 11.6 Å². The van der Waals surface area contributed by atoms with E-state index in [-0.39, 0.29) is 0 Å². The van der Waals surface area contributed by atoms with Gasteiger partial charge in [-0.3, -0.25) is 0 Å². The molecule has 1 aliphatic rings. The lowest BCUT2D eigenvalue weighted by atomic mass is 10.1. The summed E-state index contributed by atoms with van der Waals surface area (Å²) in [6.07, 6.45) is 6.25. The Bertz CT molecular complexity index is 990. The second-order valence-electron chi connectivity index (χ2n) is 6.48. The Morgan fingerprint density at radius 1 is 1.19 bits per heavy atom. The molecule has 0 unspecified atom stereocenters. The van der Waals surface area contributed by atoms with E-state index >= 15 is 0 Å². The number of halogens is 2. The molecule has 0 aliphatic carbocycles. The molecule has 0 N–H and O–H groups in total. The highest BCUT2D eigenvalue weighted by Gasteiger charge is 2.20. The molecule has 134 valence electrons. The number of aromatic nitrogens is 2. The van der Waals surface area contributed by atoms with E-state index in [1.807, 2.05) is 25.5 Å². The summed E-state index contributed by atoms with van der Waals surface area (Å²) in [5.74, 6) is 1.04. The summed E-state index contributed by atoms with van der Waals surface area (Å²) >= 11 is 12.2. The van der Waals surface area contributed by atoms with Gasteiger partial charge in [0, 0.05) is 48.8 Å². The van der Waals surface area contributed by atoms with Crippen molar-refractivity contribution in [3.63, 3.8) is 0 Å². The molecular weight excluding hydrogens is 369 g/mol. The van der Waals surface area contributed by atoms with Crippen LogP contribution in [-0.4, -0.2) is 27.5 Å². The van der Waals surface area contributed by atoms with E-state index in [0.717, 1.165) is 35.3 Å². The average Bonchev–Trinajstić information content (AvgIpc) is 3.28. The predicted octanol–water partition coefficient (Wildman–Crippen LogP) is 5.74. The number of nitrogens with zero attached hydrogens (tertiary/aromatic N) is 3. The maximum Gasteiger partial charge on any atom is 0.228 e. The molecule has 0 saturated carbocycles. The Hall–Kier alpha value is -2.17. The molecule has 0 spiro atoms. The van der Waals surface area contributed by atoms with Crippen LogP contribution in [0.1, 0.15) is 18.4 Å². The number of fused-ring (bicyclic) bond motifs is 1. The summed E-state index contributed by atoms with van der Waals surface area (Å²) < 4.78 is 8.07. The van der Waals surface area contributed by atoms with Gasteiger partial charge in [-0.2, -0.15) is 0 Å². The molecule has 0 atom stereocenters. The maximum atomic E-state index is 6.24. The monoisotopic (exact) mass is 387 g/mol. The molecule has 0 amide bonds. The molecular formula is C20H19Cl2N3O. The maximum absolute atomic E-state index is 6.24. The van der Waals surface area contributed by atoms with E-state index in [4.69, 9.17) is 27.9 Å². The highest BCUT2D eigenvalue weighted by molar-refractivity contribution is 6.35. The SMILES string of the molecule is C=C(c1cnc(Oc2ccc(Cl)cc2Cl)c2ccn(C)c12)N1CCCC1. The zero-order valence-electron chi connectivity index (χ0n) is 14.5. The van der Waals surface area contributed by atoms with E-state index < -0.39 is 0 Å². The highest BCUT2D eigenvalue weighted by atomic mass is 35.5. The Kier molecular flexibility index (Phi) is 4.55. The van der Waals surface area contributed by atoms with Crippen molar-refractivity contribution in [1.82, 2.24) is 14.5 Å². The molecule has 3 aromatic rings. The molecule has 1 saturated heterocycles. The molecule has 0 bridgehead atoms. The molecule has 1 aromatic carbocycles. The second kappa shape index (κ2) is 6.86. The Balaban J connectivity index is 1.76. The lowest BCUT2D eigenvalue weighted by Gasteiger charge is -2.21. The van der Waals surface area contributed by atoms with Gasteiger partial charge in [-0.15, -0.1) is 0 Å². The van der Waals surface area contributed by atoms with Crippen molar-refractivity contribution in [1.29, 1.82) is 0 Å². The van der Waals surface area contributed by atoms with E-state index in [2.05, 4.69) is 21.0 Å². The third-order valence-corrected chi connectivity index (χ3v) is 5.30. The summed E-state index contributed by atoms with van der Waals surface area (Å²) in [6, 6.07) is 7.15. The Morgan fingerprint density at radius 2 is 1.96 bits per heavy atom. The van der Waals surface area contributed by atoms with Crippen LogP contribution >= 0.6 is 23.2 Å². The van der Waals surface area contributed by atoms with Crippen molar-refractivity contribution in [2.24, 2.45) is 7.05 Å². The fraction of sp³-hybridized carbons (Fsp3) is 0.250. The minimum absolute atomic E-state index is 0.453. The van der Waals surface area contributed by atoms with Crippen LogP contribution in [0.15, 0.2) is 43.2 Å². The van der Waals surface area contributed by atoms with E-state index in [1.165, 1.54) is 12.8 Å². The minimum Gasteiger partial charge on any atom is -0.437 e. The largest absolute Gasteiger partial charge is 0.437 e. The van der Waals surface area contributed by atoms with Gasteiger partial charge in [-0.25, -0.2) is 4.98 Å². The van der Waals surface area contributed by atoms with E-state index in [9.17, 15) is 0 Å². The van der Waals surface area contributed by atoms with Gasteiger partial charge in [-0.1, -0.05) is 29.8 Å². The first-order valence-corrected chi connectivity index (χ1v) is 9.31. The van der Waals surface area contributed by atoms with Gasteiger partial charge in [-0.05, 0) is 37.1 Å². The minimum atomic E-state index is 0.453. The number of benzene rings is 1. The predicted molar refractivity (Wildman–Crippen MR) is 107 cm³/mol. The molecule has 1 aliphatic heterocycles. The van der Waals surface area contributed by atoms with Crippen molar-refractivity contribution < 1.29 is 4.74 Å². The number of ether oxygens (including phenoxy) is 1. The van der Waals surface area contributed by atoms with Crippen molar-refractivity contribution in [3.05, 3.63) is 58.8 Å². The van der Waals surface area contributed by atoms with Gasteiger partial charge in [0.2, 0.25) is 5.88 Å². The zero-order chi connectivity index (χ0) is 18.3. The van der Waals surface area contributed by atoms with Gasteiger partial charge >= 0.3 is 0 Å². The molecule has 0 radical (unpaired) electrons. The second-order valence-corrected chi connectivity index (χ2v) is 7.33. The van der Waals surface area contributed by atoms with Crippen LogP contribution in [0.5, 0.6) is 11.6 Å². The molecule has 6 heteroatoms. The summed E-state index contributed by atoms with van der Waals surface area (Å²) in [4.78, 5) is 6.88. The molecule has 4 nitrogen and oxygen atoms in total. The molecule has 2 aromatic heterocycles. The van der Waals surface area contributed by atoms with Gasteiger partial charge in [0.05, 0.1) is 15.9 Å². The van der Waals surface area contributed by atoms with Gasteiger partial charge in [0.25, 0.3) is 0 Å². The lowest BCUT2D eigenvalue weighted by Crippen LogP contribution is -2.17. The van der Waals surface area contributed by atoms with Crippen LogP contribution in [0.4, 0.5) is 0 Å². The van der Waals surface area contributed by atoms with Gasteiger partial charge in [0.1, 0.15) is 5.75 Å². The number of pyridine rings is 1. The number of aryl methyl sites for hydroxylation is 1. The van der Waals surface area contributed by atoms with E-state index in [0.29, 0.717) is 21.7 Å². The summed E-state index contributed by atoms with van der Waals surface area (Å²) in [5.41, 5.74) is 3.10. The lowest BCUT2D eigenvalue weighted by molar-refractivity contribution is 0.468. The average molecular weight is 388 g/mol. The fourth-order valence-corrected chi connectivity index (χ4v) is 3.85. The van der Waals surface area contributed by atoms with Crippen molar-refractivity contribution >= 4 is 39.8 Å². The third kappa shape index (κ3) is 3.04. The number of hydrogen-bond acceptors (Lipinski definition) is 3. The summed E-state index contributed by atoms with van der Waals surface area (Å²) in [5, 5.41) is 1.95. The van der Waals surface area contributed by atoms with Crippen LogP contribution < -0.4 is 4.74 Å². The molecule has 1 fully saturated rings. The van der Waals surface area contributed by atoms with Crippen LogP contribution in [0.25, 0.3) is 16.6 Å². The van der Waals surface area contributed by atoms with Gasteiger partial charge < -0.3 is 14.2 Å². The van der Waals surface area contributed by atoms with Crippen LogP contribution in [-0.2, 0) is 7.05 Å². The van der Waals surface area contributed by atoms with E-state index in [1.54, 1.807) is 18.2 Å². The Morgan fingerprint density at radius 3 is 2.69 bits per heavy atom. The standard InChI is InChI=1S/C20H19Cl2N3O/c1-13(25-8-3-4-9-25)16-12-23-20(15-7-10-24(2)19(15)16)26-18-6-5-14(21)11-17(18)22/h5-7,10-12H,1,3-4,8-9H2,2H3. The first-order chi connectivity index (χ1) is 12.5. The normalized spacial score (nSPS) is 14.2. The highest BCUT2D eigenvalue weighted by Crippen LogP contribution is 2.37.